The summed E-state index contributed by atoms with van der Waals surface area (Å²) in [5.74, 6) is 0.335. The molecule has 2 heterocycles. The Labute approximate surface area is 151 Å². The SMILES string of the molecule is CCCCOC(=O)CC1c2ccccc2-c2nc3ccccc3c(=O)n21. The lowest BCUT2D eigenvalue weighted by Crippen LogP contribution is -2.26. The van der Waals surface area contributed by atoms with E-state index in [9.17, 15) is 9.59 Å². The van der Waals surface area contributed by atoms with Crippen LogP contribution in [0.3, 0.4) is 0 Å². The van der Waals surface area contributed by atoms with E-state index >= 15 is 0 Å². The summed E-state index contributed by atoms with van der Waals surface area (Å²) in [6.07, 6.45) is 1.95. The van der Waals surface area contributed by atoms with Crippen molar-refractivity contribution in [1.82, 2.24) is 9.55 Å². The number of nitrogens with zero attached hydrogens (tertiary/aromatic N) is 2. The average Bonchev–Trinajstić information content (AvgIpc) is 2.96. The number of para-hydroxylation sites is 1. The minimum Gasteiger partial charge on any atom is -0.466 e. The molecule has 0 saturated carbocycles. The van der Waals surface area contributed by atoms with Crippen LogP contribution >= 0.6 is 0 Å². The zero-order chi connectivity index (χ0) is 18.1. The molecule has 1 atom stereocenters. The third kappa shape index (κ3) is 2.69. The first-order chi connectivity index (χ1) is 12.7. The number of aromatic nitrogens is 2. The minimum atomic E-state index is -0.375. The lowest BCUT2D eigenvalue weighted by atomic mass is 10.0. The largest absolute Gasteiger partial charge is 0.466 e. The first kappa shape index (κ1) is 16.5. The predicted octanol–water partition coefficient (Wildman–Crippen LogP) is 3.70. The maximum absolute atomic E-state index is 13.1. The zero-order valence-corrected chi connectivity index (χ0v) is 14.6. The standard InChI is InChI=1S/C21H20N2O3/c1-2-3-12-26-19(24)13-18-14-8-4-5-9-15(14)20-22-17-11-7-6-10-16(17)21(25)23(18)20/h4-11,18H,2-3,12-13H2,1H3. The fourth-order valence-corrected chi connectivity index (χ4v) is 3.50. The molecule has 0 spiro atoms. The van der Waals surface area contributed by atoms with Crippen LogP contribution in [0.5, 0.6) is 0 Å². The van der Waals surface area contributed by atoms with Crippen LogP contribution in [0.1, 0.15) is 37.8 Å². The molecule has 5 nitrogen and oxygen atoms in total. The molecular formula is C21H20N2O3. The third-order valence-corrected chi connectivity index (χ3v) is 4.80. The number of unbranched alkanes of at least 4 members (excludes halogenated alkanes) is 1. The molecule has 0 aliphatic carbocycles. The van der Waals surface area contributed by atoms with Gasteiger partial charge in [0, 0.05) is 5.56 Å². The van der Waals surface area contributed by atoms with Crippen molar-refractivity contribution >= 4 is 16.9 Å². The number of hydrogen-bond acceptors (Lipinski definition) is 4. The van der Waals surface area contributed by atoms with Crippen molar-refractivity contribution in [3.63, 3.8) is 0 Å². The van der Waals surface area contributed by atoms with Gasteiger partial charge in [-0.25, -0.2) is 4.98 Å². The summed E-state index contributed by atoms with van der Waals surface area (Å²) in [6, 6.07) is 14.7. The molecule has 0 bridgehead atoms. The summed E-state index contributed by atoms with van der Waals surface area (Å²) in [7, 11) is 0. The number of esters is 1. The molecule has 1 unspecified atom stereocenters. The molecule has 26 heavy (non-hydrogen) atoms. The second kappa shape index (κ2) is 6.75. The zero-order valence-electron chi connectivity index (χ0n) is 14.6. The molecule has 2 aromatic carbocycles. The van der Waals surface area contributed by atoms with E-state index in [-0.39, 0.29) is 24.0 Å². The molecule has 1 aliphatic heterocycles. The summed E-state index contributed by atoms with van der Waals surface area (Å²) in [5, 5.41) is 0.563. The van der Waals surface area contributed by atoms with Gasteiger partial charge in [0.15, 0.2) is 0 Å². The lowest BCUT2D eigenvalue weighted by molar-refractivity contribution is -0.144. The quantitative estimate of drug-likeness (QED) is 0.521. The van der Waals surface area contributed by atoms with E-state index in [2.05, 4.69) is 0 Å². The Balaban J connectivity index is 1.80. The molecule has 0 saturated heterocycles. The number of hydrogen-bond donors (Lipinski definition) is 0. The van der Waals surface area contributed by atoms with E-state index in [1.54, 1.807) is 10.6 Å². The Morgan fingerprint density at radius 3 is 2.77 bits per heavy atom. The van der Waals surface area contributed by atoms with Crippen LogP contribution in [-0.2, 0) is 9.53 Å². The fourth-order valence-electron chi connectivity index (χ4n) is 3.50. The smallest absolute Gasteiger partial charge is 0.308 e. The van der Waals surface area contributed by atoms with Crippen molar-refractivity contribution in [2.75, 3.05) is 6.61 Å². The van der Waals surface area contributed by atoms with Gasteiger partial charge in [-0.3, -0.25) is 14.2 Å². The van der Waals surface area contributed by atoms with Crippen molar-refractivity contribution in [3.8, 4) is 11.4 Å². The molecule has 3 aromatic rings. The maximum Gasteiger partial charge on any atom is 0.308 e. The summed E-state index contributed by atoms with van der Waals surface area (Å²) in [6.45, 7) is 2.47. The highest BCUT2D eigenvalue weighted by molar-refractivity contribution is 5.82. The molecule has 4 rings (SSSR count). The van der Waals surface area contributed by atoms with Crippen LogP contribution in [0.4, 0.5) is 0 Å². The van der Waals surface area contributed by atoms with Gasteiger partial charge >= 0.3 is 5.97 Å². The van der Waals surface area contributed by atoms with Crippen LogP contribution in [-0.4, -0.2) is 22.1 Å². The minimum absolute atomic E-state index is 0.117. The number of fused-ring (bicyclic) bond motifs is 4. The monoisotopic (exact) mass is 348 g/mol. The van der Waals surface area contributed by atoms with E-state index in [1.807, 2.05) is 49.4 Å². The maximum atomic E-state index is 13.1. The van der Waals surface area contributed by atoms with Gasteiger partial charge in [0.25, 0.3) is 5.56 Å². The van der Waals surface area contributed by atoms with Crippen molar-refractivity contribution in [1.29, 1.82) is 0 Å². The van der Waals surface area contributed by atoms with E-state index in [4.69, 9.17) is 9.72 Å². The Bertz CT molecular complexity index is 1040. The number of carbonyl (C=O) groups is 1. The highest BCUT2D eigenvalue weighted by atomic mass is 16.5. The van der Waals surface area contributed by atoms with Crippen molar-refractivity contribution in [3.05, 3.63) is 64.4 Å². The van der Waals surface area contributed by atoms with Crippen LogP contribution in [0.25, 0.3) is 22.3 Å². The molecule has 1 aromatic heterocycles. The van der Waals surface area contributed by atoms with E-state index < -0.39 is 0 Å². The van der Waals surface area contributed by atoms with Crippen molar-refractivity contribution in [2.24, 2.45) is 0 Å². The summed E-state index contributed by atoms with van der Waals surface area (Å²) < 4.78 is 6.97. The van der Waals surface area contributed by atoms with Gasteiger partial charge in [-0.2, -0.15) is 0 Å². The lowest BCUT2D eigenvalue weighted by Gasteiger charge is -2.15. The van der Waals surface area contributed by atoms with Crippen LogP contribution in [0.2, 0.25) is 0 Å². The molecule has 0 N–H and O–H groups in total. The Morgan fingerprint density at radius 1 is 1.15 bits per heavy atom. The number of rotatable bonds is 5. The number of benzene rings is 2. The summed E-state index contributed by atoms with van der Waals surface area (Å²) in [5.41, 5.74) is 2.40. The summed E-state index contributed by atoms with van der Waals surface area (Å²) >= 11 is 0. The Morgan fingerprint density at radius 2 is 1.92 bits per heavy atom. The first-order valence-electron chi connectivity index (χ1n) is 8.97. The van der Waals surface area contributed by atoms with Gasteiger partial charge in [0.1, 0.15) is 5.82 Å². The molecule has 5 heteroatoms. The number of carbonyl (C=O) groups excluding carboxylic acids is 1. The first-order valence-corrected chi connectivity index (χ1v) is 8.97. The topological polar surface area (TPSA) is 61.2 Å². The van der Waals surface area contributed by atoms with Gasteiger partial charge in [-0.05, 0) is 24.1 Å². The Hall–Kier alpha value is -2.95. The predicted molar refractivity (Wildman–Crippen MR) is 100 cm³/mol. The number of ether oxygens (including phenoxy) is 1. The van der Waals surface area contributed by atoms with Gasteiger partial charge in [-0.1, -0.05) is 49.7 Å². The fraction of sp³-hybridized carbons (Fsp3) is 0.286. The third-order valence-electron chi connectivity index (χ3n) is 4.80. The summed E-state index contributed by atoms with van der Waals surface area (Å²) in [4.78, 5) is 30.1. The van der Waals surface area contributed by atoms with E-state index in [1.165, 1.54) is 0 Å². The van der Waals surface area contributed by atoms with Gasteiger partial charge < -0.3 is 4.74 Å². The highest BCUT2D eigenvalue weighted by Crippen LogP contribution is 2.39. The van der Waals surface area contributed by atoms with Crippen LogP contribution < -0.4 is 5.56 Å². The van der Waals surface area contributed by atoms with E-state index in [0.717, 1.165) is 24.0 Å². The normalized spacial score (nSPS) is 14.9. The second-order valence-corrected chi connectivity index (χ2v) is 6.51. The Kier molecular flexibility index (Phi) is 4.29. The highest BCUT2D eigenvalue weighted by Gasteiger charge is 2.33. The van der Waals surface area contributed by atoms with Crippen LogP contribution in [0.15, 0.2) is 53.3 Å². The molecule has 0 radical (unpaired) electrons. The second-order valence-electron chi connectivity index (χ2n) is 6.51. The molecule has 0 amide bonds. The molecule has 132 valence electrons. The van der Waals surface area contributed by atoms with Crippen LogP contribution in [0, 0.1) is 0 Å². The molecular weight excluding hydrogens is 328 g/mol. The van der Waals surface area contributed by atoms with Gasteiger partial charge in [0.2, 0.25) is 0 Å². The average molecular weight is 348 g/mol. The molecule has 0 fully saturated rings. The van der Waals surface area contributed by atoms with Gasteiger partial charge in [0.05, 0.1) is 30.0 Å². The molecule has 1 aliphatic rings. The van der Waals surface area contributed by atoms with Crippen molar-refractivity contribution in [2.45, 2.75) is 32.2 Å². The van der Waals surface area contributed by atoms with Crippen molar-refractivity contribution < 1.29 is 9.53 Å². The van der Waals surface area contributed by atoms with E-state index in [0.29, 0.717) is 23.3 Å². The van der Waals surface area contributed by atoms with Gasteiger partial charge in [-0.15, -0.1) is 0 Å².